The van der Waals surface area contributed by atoms with E-state index in [2.05, 4.69) is 5.32 Å². The standard InChI is InChI=1S/C19H24N2O5S/c1-5-21(13-19(22)20-15-7-6-8-16(12-15)25-3)27(23,24)18-11-14(2)9-10-17(18)26-4/h6-12H,5,13H2,1-4H3,(H,20,22). The van der Waals surface area contributed by atoms with Crippen molar-refractivity contribution in [2.24, 2.45) is 0 Å². The van der Waals surface area contributed by atoms with Crippen molar-refractivity contribution in [3.8, 4) is 11.5 Å². The Morgan fingerprint density at radius 2 is 1.85 bits per heavy atom. The van der Waals surface area contributed by atoms with Gasteiger partial charge in [-0.25, -0.2) is 8.42 Å². The molecule has 8 heteroatoms. The Bertz CT molecular complexity index is 912. The molecule has 0 aliphatic rings. The van der Waals surface area contributed by atoms with E-state index in [-0.39, 0.29) is 23.7 Å². The molecule has 7 nitrogen and oxygen atoms in total. The molecular formula is C19H24N2O5S. The number of hydrogen-bond donors (Lipinski definition) is 1. The summed E-state index contributed by atoms with van der Waals surface area (Å²) in [6.07, 6.45) is 0. The predicted octanol–water partition coefficient (Wildman–Crippen LogP) is 2.66. The summed E-state index contributed by atoms with van der Waals surface area (Å²) in [5, 5.41) is 2.69. The number of nitrogens with zero attached hydrogens (tertiary/aromatic N) is 1. The molecule has 1 N–H and O–H groups in total. The Balaban J connectivity index is 2.22. The zero-order chi connectivity index (χ0) is 20.0. The van der Waals surface area contributed by atoms with Crippen molar-refractivity contribution < 1.29 is 22.7 Å². The number of carbonyl (C=O) groups is 1. The highest BCUT2D eigenvalue weighted by molar-refractivity contribution is 7.89. The Kier molecular flexibility index (Phi) is 6.81. The van der Waals surface area contributed by atoms with Gasteiger partial charge in [0.15, 0.2) is 0 Å². The van der Waals surface area contributed by atoms with Crippen molar-refractivity contribution in [3.05, 3.63) is 48.0 Å². The van der Waals surface area contributed by atoms with E-state index in [1.165, 1.54) is 20.3 Å². The van der Waals surface area contributed by atoms with Crippen LogP contribution in [0.4, 0.5) is 5.69 Å². The molecule has 0 aliphatic carbocycles. The summed E-state index contributed by atoms with van der Waals surface area (Å²) in [5.74, 6) is 0.393. The van der Waals surface area contributed by atoms with Gasteiger partial charge < -0.3 is 14.8 Å². The number of benzene rings is 2. The van der Waals surface area contributed by atoms with Crippen LogP contribution >= 0.6 is 0 Å². The minimum atomic E-state index is -3.89. The van der Waals surface area contributed by atoms with Crippen molar-refractivity contribution in [3.63, 3.8) is 0 Å². The molecule has 1 amide bonds. The van der Waals surface area contributed by atoms with Crippen LogP contribution in [0.2, 0.25) is 0 Å². The number of rotatable bonds is 8. The summed E-state index contributed by atoms with van der Waals surface area (Å²) in [6.45, 7) is 3.31. The van der Waals surface area contributed by atoms with Crippen molar-refractivity contribution in [1.82, 2.24) is 4.31 Å². The number of sulfonamides is 1. The largest absolute Gasteiger partial charge is 0.497 e. The number of amides is 1. The Labute approximate surface area is 160 Å². The third-order valence-corrected chi connectivity index (χ3v) is 5.91. The van der Waals surface area contributed by atoms with Gasteiger partial charge in [-0.15, -0.1) is 0 Å². The number of hydrogen-bond acceptors (Lipinski definition) is 5. The SMILES string of the molecule is CCN(CC(=O)Nc1cccc(OC)c1)S(=O)(=O)c1cc(C)ccc1OC. The fourth-order valence-corrected chi connectivity index (χ4v) is 4.20. The summed E-state index contributed by atoms with van der Waals surface area (Å²) in [7, 11) is -0.952. The zero-order valence-corrected chi connectivity index (χ0v) is 16.7. The maximum atomic E-state index is 13.0. The second-order valence-electron chi connectivity index (χ2n) is 5.87. The number of likely N-dealkylation sites (N-methyl/N-ethyl adjacent to an activating group) is 1. The quantitative estimate of drug-likeness (QED) is 0.747. The topological polar surface area (TPSA) is 84.9 Å². The lowest BCUT2D eigenvalue weighted by molar-refractivity contribution is -0.116. The number of methoxy groups -OCH3 is 2. The molecule has 0 unspecified atom stereocenters. The third kappa shape index (κ3) is 4.99. The zero-order valence-electron chi connectivity index (χ0n) is 15.9. The molecule has 2 aromatic rings. The van der Waals surface area contributed by atoms with Crippen molar-refractivity contribution in [1.29, 1.82) is 0 Å². The highest BCUT2D eigenvalue weighted by Gasteiger charge is 2.28. The van der Waals surface area contributed by atoms with Crippen molar-refractivity contribution >= 4 is 21.6 Å². The molecule has 0 spiro atoms. The fraction of sp³-hybridized carbons (Fsp3) is 0.316. The van der Waals surface area contributed by atoms with Crippen molar-refractivity contribution in [2.75, 3.05) is 32.6 Å². The second-order valence-corrected chi connectivity index (χ2v) is 7.77. The molecule has 0 atom stereocenters. The fourth-order valence-electron chi connectivity index (χ4n) is 2.55. The van der Waals surface area contributed by atoms with Crippen LogP contribution in [0, 0.1) is 6.92 Å². The van der Waals surface area contributed by atoms with Gasteiger partial charge in [0.05, 0.1) is 20.8 Å². The number of ether oxygens (including phenoxy) is 2. The molecule has 0 aromatic heterocycles. The maximum absolute atomic E-state index is 13.0. The minimum absolute atomic E-state index is 0.0426. The summed E-state index contributed by atoms with van der Waals surface area (Å²) in [6, 6.07) is 11.8. The first-order valence-electron chi connectivity index (χ1n) is 8.40. The van der Waals surface area contributed by atoms with Gasteiger partial charge in [-0.3, -0.25) is 4.79 Å². The third-order valence-electron chi connectivity index (χ3n) is 3.96. The van der Waals surface area contributed by atoms with Gasteiger partial charge in [0, 0.05) is 18.3 Å². The van der Waals surface area contributed by atoms with Crippen LogP contribution in [0.1, 0.15) is 12.5 Å². The molecule has 0 fully saturated rings. The molecule has 2 aromatic carbocycles. The lowest BCUT2D eigenvalue weighted by Gasteiger charge is -2.21. The average molecular weight is 392 g/mol. The summed E-state index contributed by atoms with van der Waals surface area (Å²) < 4.78 is 37.5. The lowest BCUT2D eigenvalue weighted by atomic mass is 10.2. The highest BCUT2D eigenvalue weighted by Crippen LogP contribution is 2.27. The summed E-state index contributed by atoms with van der Waals surface area (Å²) in [4.78, 5) is 12.4. The van der Waals surface area contributed by atoms with E-state index in [1.807, 2.05) is 0 Å². The lowest BCUT2D eigenvalue weighted by Crippen LogP contribution is -2.38. The molecule has 0 radical (unpaired) electrons. The van der Waals surface area contributed by atoms with Gasteiger partial charge in [0.1, 0.15) is 16.4 Å². The van der Waals surface area contributed by atoms with E-state index in [9.17, 15) is 13.2 Å². The first kappa shape index (κ1) is 20.7. The molecule has 2 rings (SSSR count). The molecule has 0 heterocycles. The van der Waals surface area contributed by atoms with Crippen LogP contribution in [-0.4, -0.2) is 45.9 Å². The summed E-state index contributed by atoms with van der Waals surface area (Å²) in [5.41, 5.74) is 1.31. The molecule has 0 saturated heterocycles. The van der Waals surface area contributed by atoms with E-state index in [0.29, 0.717) is 11.4 Å². The number of anilines is 1. The number of carbonyl (C=O) groups excluding carboxylic acids is 1. The smallest absolute Gasteiger partial charge is 0.247 e. The van der Waals surface area contributed by atoms with Gasteiger partial charge >= 0.3 is 0 Å². The number of aryl methyl sites for hydroxylation is 1. The van der Waals surface area contributed by atoms with Crippen LogP contribution in [0.3, 0.4) is 0 Å². The Morgan fingerprint density at radius 1 is 1.11 bits per heavy atom. The van der Waals surface area contributed by atoms with E-state index in [4.69, 9.17) is 9.47 Å². The Morgan fingerprint density at radius 3 is 2.48 bits per heavy atom. The van der Waals surface area contributed by atoms with E-state index in [0.717, 1.165) is 9.87 Å². The van der Waals surface area contributed by atoms with Crippen LogP contribution in [0.5, 0.6) is 11.5 Å². The first-order chi connectivity index (χ1) is 12.8. The van der Waals surface area contributed by atoms with Crippen LogP contribution in [-0.2, 0) is 14.8 Å². The van der Waals surface area contributed by atoms with Crippen LogP contribution < -0.4 is 14.8 Å². The van der Waals surface area contributed by atoms with Gasteiger partial charge in [-0.05, 0) is 36.8 Å². The van der Waals surface area contributed by atoms with Gasteiger partial charge in [0.25, 0.3) is 0 Å². The molecule has 0 bridgehead atoms. The van der Waals surface area contributed by atoms with Gasteiger partial charge in [-0.2, -0.15) is 4.31 Å². The van der Waals surface area contributed by atoms with Crippen LogP contribution in [0.15, 0.2) is 47.4 Å². The Hall–Kier alpha value is -2.58. The first-order valence-corrected chi connectivity index (χ1v) is 9.84. The minimum Gasteiger partial charge on any atom is -0.497 e. The molecular weight excluding hydrogens is 368 g/mol. The van der Waals surface area contributed by atoms with E-state index < -0.39 is 15.9 Å². The average Bonchev–Trinajstić information content (AvgIpc) is 2.66. The van der Waals surface area contributed by atoms with Gasteiger partial charge in [0.2, 0.25) is 15.9 Å². The monoisotopic (exact) mass is 392 g/mol. The second kappa shape index (κ2) is 8.88. The van der Waals surface area contributed by atoms with Crippen LogP contribution in [0.25, 0.3) is 0 Å². The molecule has 0 aliphatic heterocycles. The van der Waals surface area contributed by atoms with E-state index in [1.54, 1.807) is 50.2 Å². The predicted molar refractivity (Wildman–Crippen MR) is 104 cm³/mol. The maximum Gasteiger partial charge on any atom is 0.247 e. The number of nitrogens with one attached hydrogen (secondary N) is 1. The van der Waals surface area contributed by atoms with E-state index >= 15 is 0 Å². The summed E-state index contributed by atoms with van der Waals surface area (Å²) >= 11 is 0. The van der Waals surface area contributed by atoms with Crippen molar-refractivity contribution in [2.45, 2.75) is 18.7 Å². The van der Waals surface area contributed by atoms with Gasteiger partial charge in [-0.1, -0.05) is 19.1 Å². The normalized spacial score (nSPS) is 11.3. The highest BCUT2D eigenvalue weighted by atomic mass is 32.2. The molecule has 27 heavy (non-hydrogen) atoms. The molecule has 146 valence electrons. The molecule has 0 saturated carbocycles.